The average molecular weight is 475 g/mol. The van der Waals surface area contributed by atoms with Crippen molar-refractivity contribution < 1.29 is 23.5 Å². The number of hydrogen-bond acceptors (Lipinski definition) is 5. The lowest BCUT2D eigenvalue weighted by Gasteiger charge is -2.06. The Morgan fingerprint density at radius 2 is 1.44 bits per heavy atom. The fourth-order valence-electron chi connectivity index (χ4n) is 3.87. The maximum absolute atomic E-state index is 13.4. The first kappa shape index (κ1) is 22.9. The number of carbonyl (C=O) groups is 2. The topological polar surface area (TPSA) is 65.7 Å². The van der Waals surface area contributed by atoms with Gasteiger partial charge in [-0.05, 0) is 42.0 Å². The summed E-state index contributed by atoms with van der Waals surface area (Å²) >= 11 is 0. The van der Waals surface area contributed by atoms with Crippen molar-refractivity contribution in [1.29, 1.82) is 0 Å². The number of ether oxygens (including phenoxy) is 2. The third kappa shape index (κ3) is 4.81. The number of hydrogen-bond donors (Lipinski definition) is 0. The van der Waals surface area contributed by atoms with Crippen LogP contribution >= 0.6 is 0 Å². The van der Waals surface area contributed by atoms with Gasteiger partial charge in [-0.2, -0.15) is 0 Å². The highest BCUT2D eigenvalue weighted by Crippen LogP contribution is 2.36. The van der Waals surface area contributed by atoms with Gasteiger partial charge >= 0.3 is 5.97 Å². The zero-order valence-corrected chi connectivity index (χ0v) is 19.5. The number of ketones is 1. The van der Waals surface area contributed by atoms with Gasteiger partial charge in [0.1, 0.15) is 28.4 Å². The van der Waals surface area contributed by atoms with E-state index in [-0.39, 0.29) is 5.78 Å². The molecule has 0 fully saturated rings. The monoisotopic (exact) mass is 474 g/mol. The van der Waals surface area contributed by atoms with Crippen LogP contribution in [0.15, 0.2) is 114 Å². The quantitative estimate of drug-likeness (QED) is 0.108. The van der Waals surface area contributed by atoms with Crippen LogP contribution in [0.5, 0.6) is 11.5 Å². The van der Waals surface area contributed by atoms with Gasteiger partial charge in [0.05, 0.1) is 7.11 Å². The summed E-state index contributed by atoms with van der Waals surface area (Å²) in [5, 5.41) is 0.609. The lowest BCUT2D eigenvalue weighted by molar-refractivity contribution is 0.0736. The molecule has 0 amide bonds. The van der Waals surface area contributed by atoms with Crippen molar-refractivity contribution in [3.8, 4) is 22.8 Å². The second-order valence-electron chi connectivity index (χ2n) is 8.06. The summed E-state index contributed by atoms with van der Waals surface area (Å²) in [6.07, 6.45) is 3.25. The van der Waals surface area contributed by atoms with Gasteiger partial charge in [-0.3, -0.25) is 4.79 Å². The van der Waals surface area contributed by atoms with Gasteiger partial charge < -0.3 is 13.9 Å². The summed E-state index contributed by atoms with van der Waals surface area (Å²) in [4.78, 5) is 25.6. The molecule has 0 saturated heterocycles. The number of benzene rings is 4. The molecule has 1 aromatic heterocycles. The molecule has 0 unspecified atom stereocenters. The van der Waals surface area contributed by atoms with Crippen molar-refractivity contribution in [3.63, 3.8) is 0 Å². The van der Waals surface area contributed by atoms with Crippen molar-refractivity contribution in [2.45, 2.75) is 0 Å². The van der Waals surface area contributed by atoms with Gasteiger partial charge in [-0.15, -0.1) is 0 Å². The number of fused-ring (bicyclic) bond motifs is 1. The molecule has 0 spiro atoms. The van der Waals surface area contributed by atoms with Gasteiger partial charge in [0, 0.05) is 16.5 Å². The molecule has 4 aromatic carbocycles. The predicted molar refractivity (Wildman–Crippen MR) is 139 cm³/mol. The Morgan fingerprint density at radius 1 is 0.778 bits per heavy atom. The van der Waals surface area contributed by atoms with Crippen LogP contribution < -0.4 is 9.47 Å². The van der Waals surface area contributed by atoms with Crippen LogP contribution in [0.25, 0.3) is 28.4 Å². The second-order valence-corrected chi connectivity index (χ2v) is 8.06. The molecule has 0 N–H and O–H groups in total. The molecule has 5 heteroatoms. The van der Waals surface area contributed by atoms with E-state index in [1.807, 2.05) is 48.5 Å². The first-order valence-corrected chi connectivity index (χ1v) is 11.4. The maximum Gasteiger partial charge on any atom is 0.348 e. The Kier molecular flexibility index (Phi) is 6.45. The molecule has 5 aromatic rings. The van der Waals surface area contributed by atoms with E-state index in [2.05, 4.69) is 0 Å². The van der Waals surface area contributed by atoms with Gasteiger partial charge in [0.15, 0.2) is 5.78 Å². The molecule has 0 saturated carbocycles. The zero-order valence-electron chi connectivity index (χ0n) is 19.5. The number of carbonyl (C=O) groups excluding carboxylic acids is 2. The molecule has 0 atom stereocenters. The third-order valence-corrected chi connectivity index (χ3v) is 5.71. The summed E-state index contributed by atoms with van der Waals surface area (Å²) in [7, 11) is 1.57. The van der Waals surface area contributed by atoms with Crippen LogP contribution in [0.1, 0.15) is 26.3 Å². The zero-order chi connectivity index (χ0) is 24.9. The largest absolute Gasteiger partial charge is 0.497 e. The van der Waals surface area contributed by atoms with E-state index in [9.17, 15) is 9.59 Å². The summed E-state index contributed by atoms with van der Waals surface area (Å²) in [5.74, 6) is 0.800. The highest BCUT2D eigenvalue weighted by molar-refractivity contribution is 6.10. The Balaban J connectivity index is 1.40. The average Bonchev–Trinajstić information content (AvgIpc) is 3.32. The van der Waals surface area contributed by atoms with E-state index in [1.165, 1.54) is 6.08 Å². The van der Waals surface area contributed by atoms with Crippen molar-refractivity contribution >= 4 is 28.8 Å². The number of methoxy groups -OCH3 is 1. The predicted octanol–water partition coefficient (Wildman–Crippen LogP) is 7.22. The van der Waals surface area contributed by atoms with Crippen molar-refractivity contribution in [2.75, 3.05) is 7.11 Å². The number of rotatable bonds is 7. The highest BCUT2D eigenvalue weighted by Gasteiger charge is 2.24. The van der Waals surface area contributed by atoms with Crippen LogP contribution in [-0.2, 0) is 0 Å². The summed E-state index contributed by atoms with van der Waals surface area (Å²) in [5.41, 5.74) is 3.08. The van der Waals surface area contributed by atoms with Gasteiger partial charge in [0.25, 0.3) is 0 Å². The lowest BCUT2D eigenvalue weighted by Crippen LogP contribution is -2.09. The molecule has 0 aliphatic carbocycles. The SMILES string of the molecule is COc1ccc2oc(-c3ccccc3)c(C(=O)Oc3ccc(/C=C/C(=O)c4ccccc4)cc3)c2c1. The third-order valence-electron chi connectivity index (χ3n) is 5.71. The molecule has 5 rings (SSSR count). The van der Waals surface area contributed by atoms with Crippen molar-refractivity contribution in [2.24, 2.45) is 0 Å². The molecule has 0 bridgehead atoms. The second kappa shape index (κ2) is 10.2. The normalized spacial score (nSPS) is 11.0. The van der Waals surface area contributed by atoms with E-state index < -0.39 is 5.97 Å². The van der Waals surface area contributed by atoms with Crippen LogP contribution in [0, 0.1) is 0 Å². The van der Waals surface area contributed by atoms with E-state index >= 15 is 0 Å². The van der Waals surface area contributed by atoms with Gasteiger partial charge in [-0.1, -0.05) is 78.9 Å². The number of furan rings is 1. The van der Waals surface area contributed by atoms with Gasteiger partial charge in [0.2, 0.25) is 0 Å². The minimum atomic E-state index is -0.539. The Bertz CT molecular complexity index is 1550. The lowest BCUT2D eigenvalue weighted by atomic mass is 10.1. The molecule has 5 nitrogen and oxygen atoms in total. The minimum Gasteiger partial charge on any atom is -0.497 e. The molecule has 0 radical (unpaired) electrons. The summed E-state index contributed by atoms with van der Waals surface area (Å²) < 4.78 is 17.1. The highest BCUT2D eigenvalue weighted by atomic mass is 16.5. The fraction of sp³-hybridized carbons (Fsp3) is 0.0323. The first-order chi connectivity index (χ1) is 17.6. The Morgan fingerprint density at radius 3 is 2.14 bits per heavy atom. The number of allylic oxidation sites excluding steroid dienone is 1. The molecule has 176 valence electrons. The van der Waals surface area contributed by atoms with Crippen LogP contribution in [0.4, 0.5) is 0 Å². The maximum atomic E-state index is 13.4. The van der Waals surface area contributed by atoms with E-state index in [1.54, 1.807) is 67.8 Å². The fourth-order valence-corrected chi connectivity index (χ4v) is 3.87. The van der Waals surface area contributed by atoms with Crippen LogP contribution in [-0.4, -0.2) is 18.9 Å². The molecule has 36 heavy (non-hydrogen) atoms. The molecule has 0 aliphatic heterocycles. The smallest absolute Gasteiger partial charge is 0.348 e. The van der Waals surface area contributed by atoms with Crippen molar-refractivity contribution in [1.82, 2.24) is 0 Å². The van der Waals surface area contributed by atoms with E-state index in [0.29, 0.717) is 39.4 Å². The molecular formula is C31H22O5. The first-order valence-electron chi connectivity index (χ1n) is 11.4. The van der Waals surface area contributed by atoms with E-state index in [0.717, 1.165) is 11.1 Å². The van der Waals surface area contributed by atoms with Crippen LogP contribution in [0.3, 0.4) is 0 Å². The van der Waals surface area contributed by atoms with Crippen LogP contribution in [0.2, 0.25) is 0 Å². The number of esters is 1. The van der Waals surface area contributed by atoms with E-state index in [4.69, 9.17) is 13.9 Å². The minimum absolute atomic E-state index is 0.0817. The standard InChI is InChI=1S/C31H22O5/c1-34-25-17-19-28-26(20-25)29(30(36-28)23-10-6-3-7-11-23)31(33)35-24-15-12-21(13-16-24)14-18-27(32)22-8-4-2-5-9-22/h2-20H,1H3/b18-14+. The molecular weight excluding hydrogens is 452 g/mol. The van der Waals surface area contributed by atoms with Crippen molar-refractivity contribution in [3.05, 3.63) is 126 Å². The summed E-state index contributed by atoms with van der Waals surface area (Å²) in [6, 6.07) is 30.8. The molecule has 1 heterocycles. The Labute approximate surface area is 208 Å². The molecule has 0 aliphatic rings. The van der Waals surface area contributed by atoms with Gasteiger partial charge in [-0.25, -0.2) is 4.79 Å². The Hall–Kier alpha value is -4.90. The summed E-state index contributed by atoms with van der Waals surface area (Å²) in [6.45, 7) is 0.